The van der Waals surface area contributed by atoms with Crippen LogP contribution in [0.1, 0.15) is 76.8 Å². The third-order valence-electron chi connectivity index (χ3n) is 6.79. The number of nitrogens with zero attached hydrogens (tertiary/aromatic N) is 1. The van der Waals surface area contributed by atoms with Crippen molar-refractivity contribution in [1.82, 2.24) is 4.57 Å². The number of carbonyl (C=O) groups is 4. The second-order valence-electron chi connectivity index (χ2n) is 8.96. The number of hydrogen-bond donors (Lipinski definition) is 0. The third-order valence-corrected chi connectivity index (χ3v) is 6.79. The average Bonchev–Trinajstić information content (AvgIpc) is 3.49. The number of benzene rings is 2. The first-order valence-corrected chi connectivity index (χ1v) is 11.7. The number of ether oxygens (including phenoxy) is 2. The maximum atomic E-state index is 13.1. The number of carbonyl (C=O) groups excluding carboxylic acids is 4. The van der Waals surface area contributed by atoms with E-state index in [4.69, 9.17) is 9.47 Å². The van der Waals surface area contributed by atoms with Crippen molar-refractivity contribution in [3.8, 4) is 0 Å². The predicted molar refractivity (Wildman–Crippen MR) is 127 cm³/mol. The van der Waals surface area contributed by atoms with E-state index in [9.17, 15) is 19.2 Å². The van der Waals surface area contributed by atoms with Crippen molar-refractivity contribution in [3.05, 3.63) is 93.3 Å². The maximum absolute atomic E-state index is 13.1. The zero-order chi connectivity index (χ0) is 24.7. The van der Waals surface area contributed by atoms with Crippen LogP contribution in [-0.2, 0) is 16.0 Å². The molecule has 2 aliphatic rings. The van der Waals surface area contributed by atoms with Gasteiger partial charge in [-0.3, -0.25) is 14.4 Å². The molecular weight excluding hydrogens is 446 g/mol. The zero-order valence-corrected chi connectivity index (χ0v) is 19.6. The average molecular weight is 472 g/mol. The molecule has 2 aromatic carbocycles. The van der Waals surface area contributed by atoms with Gasteiger partial charge in [-0.1, -0.05) is 36.4 Å². The Labute approximate surface area is 202 Å². The molecule has 0 amide bonds. The molecule has 0 spiro atoms. The van der Waals surface area contributed by atoms with Gasteiger partial charge in [-0.2, -0.15) is 0 Å². The number of Topliss-reactive ketones (excluding diaryl/α,β-unsaturated/α-hetero) is 1. The maximum Gasteiger partial charge on any atom is 0.339 e. The molecule has 0 saturated carbocycles. The van der Waals surface area contributed by atoms with Gasteiger partial charge in [-0.15, -0.1) is 0 Å². The SMILES string of the molecule is Cc1cc(C(=O)COC(=O)c2cccc3c2C(=O)c2ccccc2C3=O)c(C)n1CC1CCCO1. The zero-order valence-electron chi connectivity index (χ0n) is 19.6. The van der Waals surface area contributed by atoms with E-state index in [1.807, 2.05) is 13.8 Å². The summed E-state index contributed by atoms with van der Waals surface area (Å²) >= 11 is 0. The molecule has 0 bridgehead atoms. The fraction of sp³-hybridized carbons (Fsp3) is 0.286. The van der Waals surface area contributed by atoms with Gasteiger partial charge in [-0.05, 0) is 38.8 Å². The minimum Gasteiger partial charge on any atom is -0.454 e. The number of esters is 1. The van der Waals surface area contributed by atoms with Gasteiger partial charge in [0.15, 0.2) is 18.2 Å². The van der Waals surface area contributed by atoms with E-state index in [-0.39, 0.29) is 39.9 Å². The Bertz CT molecular complexity index is 1380. The molecule has 35 heavy (non-hydrogen) atoms. The highest BCUT2D eigenvalue weighted by atomic mass is 16.5. The standard InChI is InChI=1S/C28H25NO6/c1-16-13-23(17(2)29(16)14-18-7-6-12-34-18)24(30)15-35-28(33)22-11-5-10-21-25(22)27(32)20-9-4-3-8-19(20)26(21)31/h3-5,8-11,13,18H,6-7,12,14-15H2,1-2H3. The van der Waals surface area contributed by atoms with Gasteiger partial charge in [0.25, 0.3) is 0 Å². The molecule has 1 unspecified atom stereocenters. The molecule has 7 heteroatoms. The molecule has 1 fully saturated rings. The topological polar surface area (TPSA) is 91.7 Å². The van der Waals surface area contributed by atoms with Gasteiger partial charge in [0, 0.05) is 52.4 Å². The number of aromatic nitrogens is 1. The van der Waals surface area contributed by atoms with Crippen molar-refractivity contribution in [3.63, 3.8) is 0 Å². The summed E-state index contributed by atoms with van der Waals surface area (Å²) in [6.45, 7) is 4.77. The molecule has 1 aromatic heterocycles. The van der Waals surface area contributed by atoms with Crippen molar-refractivity contribution in [2.75, 3.05) is 13.2 Å². The Balaban J connectivity index is 1.34. The normalized spacial score (nSPS) is 16.7. The molecule has 178 valence electrons. The van der Waals surface area contributed by atoms with E-state index in [2.05, 4.69) is 4.57 Å². The summed E-state index contributed by atoms with van der Waals surface area (Å²) in [5, 5.41) is 0. The molecule has 1 aliphatic heterocycles. The van der Waals surface area contributed by atoms with Crippen LogP contribution in [0.15, 0.2) is 48.5 Å². The Morgan fingerprint density at radius 1 is 0.971 bits per heavy atom. The molecule has 0 N–H and O–H groups in total. The first-order chi connectivity index (χ1) is 16.9. The predicted octanol–water partition coefficient (Wildman–Crippen LogP) is 4.10. The lowest BCUT2D eigenvalue weighted by molar-refractivity contribution is 0.0472. The van der Waals surface area contributed by atoms with Gasteiger partial charge < -0.3 is 14.0 Å². The van der Waals surface area contributed by atoms with E-state index in [0.29, 0.717) is 17.7 Å². The van der Waals surface area contributed by atoms with Crippen molar-refractivity contribution in [2.45, 2.75) is 39.3 Å². The largest absolute Gasteiger partial charge is 0.454 e. The highest BCUT2D eigenvalue weighted by Crippen LogP contribution is 2.30. The summed E-state index contributed by atoms with van der Waals surface area (Å²) in [5.74, 6) is -1.88. The van der Waals surface area contributed by atoms with Crippen molar-refractivity contribution in [2.24, 2.45) is 0 Å². The van der Waals surface area contributed by atoms with Gasteiger partial charge in [0.2, 0.25) is 5.78 Å². The molecule has 2 heterocycles. The van der Waals surface area contributed by atoms with Crippen LogP contribution in [0.5, 0.6) is 0 Å². The number of rotatable bonds is 6. The lowest BCUT2D eigenvalue weighted by Gasteiger charge is -2.19. The Hall–Kier alpha value is -3.84. The van der Waals surface area contributed by atoms with Crippen LogP contribution in [0, 0.1) is 13.8 Å². The lowest BCUT2D eigenvalue weighted by Crippen LogP contribution is -2.25. The van der Waals surface area contributed by atoms with Crippen molar-refractivity contribution in [1.29, 1.82) is 0 Å². The molecule has 7 nitrogen and oxygen atoms in total. The number of fused-ring (bicyclic) bond motifs is 2. The summed E-state index contributed by atoms with van der Waals surface area (Å²) in [7, 11) is 0. The monoisotopic (exact) mass is 471 g/mol. The Morgan fingerprint density at radius 3 is 2.40 bits per heavy atom. The van der Waals surface area contributed by atoms with Crippen LogP contribution in [0.4, 0.5) is 0 Å². The second kappa shape index (κ2) is 9.07. The Kier molecular flexibility index (Phi) is 5.94. The van der Waals surface area contributed by atoms with Crippen molar-refractivity contribution < 1.29 is 28.7 Å². The van der Waals surface area contributed by atoms with Gasteiger partial charge >= 0.3 is 5.97 Å². The van der Waals surface area contributed by atoms with E-state index in [1.165, 1.54) is 18.2 Å². The summed E-state index contributed by atoms with van der Waals surface area (Å²) < 4.78 is 13.1. The fourth-order valence-electron chi connectivity index (χ4n) is 4.96. The van der Waals surface area contributed by atoms with Gasteiger partial charge in [-0.25, -0.2) is 4.79 Å². The van der Waals surface area contributed by atoms with E-state index in [0.717, 1.165) is 30.8 Å². The second-order valence-corrected chi connectivity index (χ2v) is 8.96. The van der Waals surface area contributed by atoms with Crippen LogP contribution >= 0.6 is 0 Å². The van der Waals surface area contributed by atoms with Crippen LogP contribution in [0.3, 0.4) is 0 Å². The highest BCUT2D eigenvalue weighted by Gasteiger charge is 2.33. The molecule has 1 atom stereocenters. The number of hydrogen-bond acceptors (Lipinski definition) is 6. The van der Waals surface area contributed by atoms with E-state index in [1.54, 1.807) is 30.3 Å². The summed E-state index contributed by atoms with van der Waals surface area (Å²) in [6, 6.07) is 12.8. The number of ketones is 3. The van der Waals surface area contributed by atoms with Gasteiger partial charge in [0.1, 0.15) is 0 Å². The van der Waals surface area contributed by atoms with Gasteiger partial charge in [0.05, 0.1) is 11.7 Å². The first kappa shape index (κ1) is 22.9. The summed E-state index contributed by atoms with van der Waals surface area (Å²) in [6.07, 6.45) is 2.16. The summed E-state index contributed by atoms with van der Waals surface area (Å²) in [4.78, 5) is 51.9. The molecule has 1 saturated heterocycles. The smallest absolute Gasteiger partial charge is 0.339 e. The van der Waals surface area contributed by atoms with E-state index >= 15 is 0 Å². The van der Waals surface area contributed by atoms with E-state index < -0.39 is 18.4 Å². The molecule has 0 radical (unpaired) electrons. The highest BCUT2D eigenvalue weighted by molar-refractivity contribution is 6.30. The quantitative estimate of drug-likeness (QED) is 0.311. The number of aryl methyl sites for hydroxylation is 1. The third kappa shape index (κ3) is 4.02. The molecule has 1 aliphatic carbocycles. The molecule has 3 aromatic rings. The van der Waals surface area contributed by atoms with Crippen LogP contribution in [0.25, 0.3) is 0 Å². The molecular formula is C28H25NO6. The van der Waals surface area contributed by atoms with Crippen molar-refractivity contribution >= 4 is 23.3 Å². The fourth-order valence-corrected chi connectivity index (χ4v) is 4.96. The Morgan fingerprint density at radius 2 is 1.69 bits per heavy atom. The van der Waals surface area contributed by atoms with Crippen LogP contribution in [-0.4, -0.2) is 47.2 Å². The molecule has 5 rings (SSSR count). The van der Waals surface area contributed by atoms with Crippen LogP contribution < -0.4 is 0 Å². The minimum absolute atomic E-state index is 0.0170. The summed E-state index contributed by atoms with van der Waals surface area (Å²) in [5.41, 5.74) is 2.94. The minimum atomic E-state index is -0.816. The first-order valence-electron chi connectivity index (χ1n) is 11.7. The van der Waals surface area contributed by atoms with Crippen LogP contribution in [0.2, 0.25) is 0 Å². The lowest BCUT2D eigenvalue weighted by atomic mass is 9.82.